The van der Waals surface area contributed by atoms with Crippen LogP contribution in [-0.4, -0.2) is 31.1 Å². The third kappa shape index (κ3) is 4.83. The van der Waals surface area contributed by atoms with Gasteiger partial charge in [0, 0.05) is 17.4 Å². The molecule has 2 aromatic rings. The Hall–Kier alpha value is -1.36. The number of sulfonamides is 1. The van der Waals surface area contributed by atoms with Gasteiger partial charge in [-0.1, -0.05) is 27.3 Å². The molecule has 0 atom stereocenters. The maximum atomic E-state index is 12.0. The highest BCUT2D eigenvalue weighted by Gasteiger charge is 2.14. The van der Waals surface area contributed by atoms with Gasteiger partial charge in [-0.25, -0.2) is 13.1 Å². The van der Waals surface area contributed by atoms with Gasteiger partial charge in [-0.15, -0.1) is 10.2 Å². The molecule has 118 valence electrons. The highest BCUT2D eigenvalue weighted by atomic mass is 79.9. The summed E-state index contributed by atoms with van der Waals surface area (Å²) in [4.78, 5) is 11.8. The summed E-state index contributed by atoms with van der Waals surface area (Å²) in [6.45, 7) is 1.78. The molecule has 1 amide bonds. The molecular weight excluding hydrogens is 392 g/mol. The number of amides is 1. The van der Waals surface area contributed by atoms with E-state index in [0.29, 0.717) is 5.13 Å². The Bertz CT molecular complexity index is 759. The van der Waals surface area contributed by atoms with Gasteiger partial charge >= 0.3 is 0 Å². The van der Waals surface area contributed by atoms with Gasteiger partial charge in [-0.05, 0) is 31.2 Å². The second kappa shape index (κ2) is 7.27. The van der Waals surface area contributed by atoms with Crippen LogP contribution < -0.4 is 10.0 Å². The first-order chi connectivity index (χ1) is 10.4. The fraction of sp³-hybridized carbons (Fsp3) is 0.250. The van der Waals surface area contributed by atoms with Gasteiger partial charge < -0.3 is 5.32 Å². The molecule has 1 aromatic heterocycles. The minimum Gasteiger partial charge on any atom is -0.300 e. The van der Waals surface area contributed by atoms with E-state index in [1.807, 2.05) is 0 Å². The van der Waals surface area contributed by atoms with E-state index in [0.717, 1.165) is 9.48 Å². The van der Waals surface area contributed by atoms with Gasteiger partial charge in [0.2, 0.25) is 21.1 Å². The summed E-state index contributed by atoms with van der Waals surface area (Å²) in [6, 6.07) is 6.24. The molecule has 0 saturated carbocycles. The first-order valence-corrected chi connectivity index (χ1v) is 9.31. The minimum atomic E-state index is -3.62. The van der Waals surface area contributed by atoms with Gasteiger partial charge in [0.1, 0.15) is 5.01 Å². The van der Waals surface area contributed by atoms with Gasteiger partial charge in [-0.2, -0.15) is 0 Å². The SMILES string of the molecule is Cc1nnc(NC(=O)CCNS(=O)(=O)c2ccc(Br)cc2)s1. The van der Waals surface area contributed by atoms with E-state index in [9.17, 15) is 13.2 Å². The maximum absolute atomic E-state index is 12.0. The molecule has 0 unspecified atom stereocenters. The first kappa shape index (κ1) is 17.0. The molecule has 0 fully saturated rings. The monoisotopic (exact) mass is 404 g/mol. The number of carbonyl (C=O) groups excluding carboxylic acids is 1. The maximum Gasteiger partial charge on any atom is 0.240 e. The summed E-state index contributed by atoms with van der Waals surface area (Å²) < 4.78 is 27.2. The molecule has 22 heavy (non-hydrogen) atoms. The quantitative estimate of drug-likeness (QED) is 0.765. The number of anilines is 1. The highest BCUT2D eigenvalue weighted by molar-refractivity contribution is 9.10. The predicted octanol–water partition coefficient (Wildman–Crippen LogP) is 1.92. The minimum absolute atomic E-state index is 0.00200. The van der Waals surface area contributed by atoms with Crippen molar-refractivity contribution in [2.75, 3.05) is 11.9 Å². The Labute approximate surface area is 140 Å². The Morgan fingerprint density at radius 3 is 2.55 bits per heavy atom. The van der Waals surface area contributed by atoms with Crippen LogP contribution in [0.5, 0.6) is 0 Å². The van der Waals surface area contributed by atoms with Crippen molar-refractivity contribution >= 4 is 48.3 Å². The van der Waals surface area contributed by atoms with E-state index in [1.165, 1.54) is 23.5 Å². The summed E-state index contributed by atoms with van der Waals surface area (Å²) >= 11 is 4.49. The summed E-state index contributed by atoms with van der Waals surface area (Å²) in [5, 5.41) is 11.2. The largest absolute Gasteiger partial charge is 0.300 e. The molecule has 2 rings (SSSR count). The number of hydrogen-bond donors (Lipinski definition) is 2. The number of rotatable bonds is 6. The molecule has 0 aliphatic rings. The molecule has 0 spiro atoms. The fourth-order valence-corrected chi connectivity index (χ4v) is 3.43. The van der Waals surface area contributed by atoms with Crippen LogP contribution in [0.2, 0.25) is 0 Å². The lowest BCUT2D eigenvalue weighted by Gasteiger charge is -2.06. The Morgan fingerprint density at radius 2 is 1.95 bits per heavy atom. The van der Waals surface area contributed by atoms with Crippen molar-refractivity contribution in [3.8, 4) is 0 Å². The molecule has 2 N–H and O–H groups in total. The van der Waals surface area contributed by atoms with Crippen molar-refractivity contribution in [3.63, 3.8) is 0 Å². The van der Waals surface area contributed by atoms with Crippen molar-refractivity contribution < 1.29 is 13.2 Å². The highest BCUT2D eigenvalue weighted by Crippen LogP contribution is 2.15. The van der Waals surface area contributed by atoms with Gasteiger partial charge in [0.05, 0.1) is 4.90 Å². The van der Waals surface area contributed by atoms with Crippen LogP contribution in [0.15, 0.2) is 33.6 Å². The number of benzene rings is 1. The standard InChI is InChI=1S/C12H13BrN4O3S2/c1-8-16-17-12(21-8)15-11(18)6-7-14-22(19,20)10-4-2-9(13)3-5-10/h2-5,14H,6-7H2,1H3,(H,15,17,18). The lowest BCUT2D eigenvalue weighted by atomic mass is 10.4. The average molecular weight is 405 g/mol. The zero-order valence-electron chi connectivity index (χ0n) is 11.5. The number of hydrogen-bond acceptors (Lipinski definition) is 6. The zero-order valence-corrected chi connectivity index (χ0v) is 14.8. The zero-order chi connectivity index (χ0) is 16.2. The van der Waals surface area contributed by atoms with E-state index in [4.69, 9.17) is 0 Å². The van der Waals surface area contributed by atoms with Crippen LogP contribution in [0.4, 0.5) is 5.13 Å². The lowest BCUT2D eigenvalue weighted by molar-refractivity contribution is -0.116. The van der Waals surface area contributed by atoms with Crippen LogP contribution in [0.3, 0.4) is 0 Å². The molecule has 1 heterocycles. The van der Waals surface area contributed by atoms with Gasteiger partial charge in [0.25, 0.3) is 0 Å². The van der Waals surface area contributed by atoms with Crippen LogP contribution in [-0.2, 0) is 14.8 Å². The third-order valence-corrected chi connectivity index (χ3v) is 5.30. The normalized spacial score (nSPS) is 11.4. The molecule has 7 nitrogen and oxygen atoms in total. The molecule has 0 aliphatic heterocycles. The number of aromatic nitrogens is 2. The van der Waals surface area contributed by atoms with Crippen molar-refractivity contribution in [2.24, 2.45) is 0 Å². The number of aryl methyl sites for hydroxylation is 1. The summed E-state index contributed by atoms with van der Waals surface area (Å²) in [7, 11) is -3.62. The number of halogens is 1. The second-order valence-corrected chi connectivity index (χ2v) is 8.14. The lowest BCUT2D eigenvalue weighted by Crippen LogP contribution is -2.27. The Balaban J connectivity index is 1.84. The van der Waals surface area contributed by atoms with Crippen LogP contribution >= 0.6 is 27.3 Å². The smallest absolute Gasteiger partial charge is 0.240 e. The van der Waals surface area contributed by atoms with Gasteiger partial charge in [0.15, 0.2) is 0 Å². The molecule has 0 saturated heterocycles. The Morgan fingerprint density at radius 1 is 1.27 bits per heavy atom. The summed E-state index contributed by atoms with van der Waals surface area (Å²) in [5.41, 5.74) is 0. The topological polar surface area (TPSA) is 101 Å². The van der Waals surface area contributed by atoms with Crippen LogP contribution in [0, 0.1) is 6.92 Å². The average Bonchev–Trinajstić information content (AvgIpc) is 2.84. The number of nitrogens with zero attached hydrogens (tertiary/aromatic N) is 2. The van der Waals surface area contributed by atoms with Crippen molar-refractivity contribution in [1.82, 2.24) is 14.9 Å². The van der Waals surface area contributed by atoms with Crippen molar-refractivity contribution in [1.29, 1.82) is 0 Å². The molecule has 0 bridgehead atoms. The Kier molecular flexibility index (Phi) is 5.62. The van der Waals surface area contributed by atoms with Crippen molar-refractivity contribution in [2.45, 2.75) is 18.2 Å². The van der Waals surface area contributed by atoms with E-state index in [2.05, 4.69) is 36.2 Å². The summed E-state index contributed by atoms with van der Waals surface area (Å²) in [5.74, 6) is -0.324. The van der Waals surface area contributed by atoms with E-state index in [-0.39, 0.29) is 23.8 Å². The van der Waals surface area contributed by atoms with Crippen LogP contribution in [0.1, 0.15) is 11.4 Å². The molecule has 10 heteroatoms. The summed E-state index contributed by atoms with van der Waals surface area (Å²) in [6.07, 6.45) is 0.00832. The molecule has 0 aliphatic carbocycles. The number of carbonyl (C=O) groups is 1. The van der Waals surface area contributed by atoms with Crippen molar-refractivity contribution in [3.05, 3.63) is 33.7 Å². The van der Waals surface area contributed by atoms with E-state index >= 15 is 0 Å². The molecular formula is C12H13BrN4O3S2. The molecule has 0 radical (unpaired) electrons. The second-order valence-electron chi connectivity index (χ2n) is 4.28. The van der Waals surface area contributed by atoms with E-state index < -0.39 is 10.0 Å². The first-order valence-electron chi connectivity index (χ1n) is 6.22. The van der Waals surface area contributed by atoms with Gasteiger partial charge in [-0.3, -0.25) is 4.79 Å². The predicted molar refractivity (Wildman–Crippen MR) is 87.2 cm³/mol. The molecule has 1 aromatic carbocycles. The van der Waals surface area contributed by atoms with Crippen LogP contribution in [0.25, 0.3) is 0 Å². The third-order valence-electron chi connectivity index (χ3n) is 2.54. The number of nitrogens with one attached hydrogen (secondary N) is 2. The fourth-order valence-electron chi connectivity index (χ4n) is 1.52. The van der Waals surface area contributed by atoms with E-state index in [1.54, 1.807) is 19.1 Å².